The van der Waals surface area contributed by atoms with Crippen molar-refractivity contribution in [3.05, 3.63) is 84.4 Å². The summed E-state index contributed by atoms with van der Waals surface area (Å²) in [6.45, 7) is 4.23. The third-order valence-corrected chi connectivity index (χ3v) is 7.10. The molecule has 2 atom stereocenters. The normalized spacial score (nSPS) is 19.4. The number of esters is 1. The highest BCUT2D eigenvalue weighted by Crippen LogP contribution is 2.30. The summed E-state index contributed by atoms with van der Waals surface area (Å²) in [6.07, 6.45) is -0.396. The van der Waals surface area contributed by atoms with E-state index in [1.807, 2.05) is 56.3 Å². The van der Waals surface area contributed by atoms with Gasteiger partial charge in [0, 0.05) is 18.7 Å². The lowest BCUT2D eigenvalue weighted by Crippen LogP contribution is -2.48. The van der Waals surface area contributed by atoms with Crippen molar-refractivity contribution >= 4 is 16.0 Å². The summed E-state index contributed by atoms with van der Waals surface area (Å²) >= 11 is 0. The van der Waals surface area contributed by atoms with Crippen LogP contribution in [0.3, 0.4) is 0 Å². The maximum atomic E-state index is 13.2. The van der Waals surface area contributed by atoms with E-state index in [-0.39, 0.29) is 35.8 Å². The summed E-state index contributed by atoms with van der Waals surface area (Å²) in [7, 11) is -3.76. The first kappa shape index (κ1) is 22.2. The van der Waals surface area contributed by atoms with E-state index in [9.17, 15) is 13.2 Å². The Morgan fingerprint density at radius 2 is 1.56 bits per heavy atom. The average molecular weight is 452 g/mol. The third-order valence-electron chi connectivity index (χ3n) is 5.27. The molecule has 1 saturated heterocycles. The molecule has 3 aromatic rings. The van der Waals surface area contributed by atoms with Gasteiger partial charge in [-0.3, -0.25) is 0 Å². The molecule has 0 bridgehead atoms. The van der Waals surface area contributed by atoms with Gasteiger partial charge in [-0.05, 0) is 43.7 Å². The zero-order valence-corrected chi connectivity index (χ0v) is 18.8. The number of para-hydroxylation sites is 1. The van der Waals surface area contributed by atoms with Gasteiger partial charge in [-0.2, -0.15) is 4.31 Å². The van der Waals surface area contributed by atoms with Gasteiger partial charge < -0.3 is 9.47 Å². The van der Waals surface area contributed by atoms with Crippen molar-refractivity contribution < 1.29 is 22.7 Å². The molecule has 1 aliphatic rings. The maximum absolute atomic E-state index is 13.2. The summed E-state index contributed by atoms with van der Waals surface area (Å²) in [5.41, 5.74) is 1.87. The molecular weight excluding hydrogens is 426 g/mol. The quantitative estimate of drug-likeness (QED) is 0.425. The van der Waals surface area contributed by atoms with Crippen molar-refractivity contribution in [1.29, 1.82) is 0 Å². The fourth-order valence-corrected chi connectivity index (χ4v) is 5.47. The smallest absolute Gasteiger partial charge is 0.343 e. The van der Waals surface area contributed by atoms with Crippen LogP contribution in [0, 0.1) is 0 Å². The predicted octanol–water partition coefficient (Wildman–Crippen LogP) is 4.37. The highest BCUT2D eigenvalue weighted by Gasteiger charge is 2.32. The van der Waals surface area contributed by atoms with Crippen LogP contribution in [-0.4, -0.2) is 44.0 Å². The number of ether oxygens (including phenoxy) is 2. The zero-order valence-electron chi connectivity index (χ0n) is 18.0. The van der Waals surface area contributed by atoms with E-state index in [1.165, 1.54) is 16.4 Å². The van der Waals surface area contributed by atoms with Gasteiger partial charge >= 0.3 is 5.97 Å². The molecule has 6 nitrogen and oxygen atoms in total. The minimum absolute atomic E-state index is 0.0598. The van der Waals surface area contributed by atoms with Crippen LogP contribution < -0.4 is 4.74 Å². The lowest BCUT2D eigenvalue weighted by molar-refractivity contribution is -0.0440. The third kappa shape index (κ3) is 4.75. The van der Waals surface area contributed by atoms with Crippen LogP contribution in [0.5, 0.6) is 5.75 Å². The number of rotatable bonds is 5. The van der Waals surface area contributed by atoms with Gasteiger partial charge in [0.05, 0.1) is 22.7 Å². The molecule has 4 rings (SSSR count). The van der Waals surface area contributed by atoms with E-state index < -0.39 is 16.0 Å². The van der Waals surface area contributed by atoms with E-state index in [0.717, 1.165) is 11.1 Å². The molecule has 3 aromatic carbocycles. The van der Waals surface area contributed by atoms with Gasteiger partial charge in [-0.15, -0.1) is 0 Å². The Balaban J connectivity index is 1.59. The van der Waals surface area contributed by atoms with Gasteiger partial charge in [0.1, 0.15) is 5.75 Å². The van der Waals surface area contributed by atoms with Crippen LogP contribution in [0.1, 0.15) is 24.2 Å². The second kappa shape index (κ2) is 9.24. The Labute approximate surface area is 188 Å². The minimum atomic E-state index is -3.76. The first-order valence-corrected chi connectivity index (χ1v) is 11.9. The first-order valence-electron chi connectivity index (χ1n) is 10.5. The molecule has 2 unspecified atom stereocenters. The molecule has 1 fully saturated rings. The van der Waals surface area contributed by atoms with E-state index in [0.29, 0.717) is 5.75 Å². The Morgan fingerprint density at radius 3 is 2.28 bits per heavy atom. The molecule has 0 amide bonds. The lowest BCUT2D eigenvalue weighted by atomic mass is 10.0. The molecule has 7 heteroatoms. The molecule has 0 aromatic heterocycles. The maximum Gasteiger partial charge on any atom is 0.343 e. The number of carbonyl (C=O) groups excluding carboxylic acids is 1. The van der Waals surface area contributed by atoms with Crippen LogP contribution in [0.4, 0.5) is 0 Å². The van der Waals surface area contributed by atoms with Gasteiger partial charge in [0.15, 0.2) is 0 Å². The van der Waals surface area contributed by atoms with E-state index in [1.54, 1.807) is 24.3 Å². The summed E-state index contributed by atoms with van der Waals surface area (Å²) in [6, 6.07) is 22.8. The Morgan fingerprint density at radius 1 is 0.906 bits per heavy atom. The topological polar surface area (TPSA) is 72.9 Å². The predicted molar refractivity (Wildman–Crippen MR) is 122 cm³/mol. The summed E-state index contributed by atoms with van der Waals surface area (Å²) in [5, 5.41) is 0. The Kier molecular flexibility index (Phi) is 6.41. The number of morpholine rings is 1. The monoisotopic (exact) mass is 451 g/mol. The minimum Gasteiger partial charge on any atom is -0.422 e. The molecule has 0 saturated carbocycles. The van der Waals surface area contributed by atoms with E-state index >= 15 is 0 Å². The molecule has 0 N–H and O–H groups in total. The summed E-state index contributed by atoms with van der Waals surface area (Å²) < 4.78 is 39.1. The Hall–Kier alpha value is -3.00. The van der Waals surface area contributed by atoms with Crippen molar-refractivity contribution in [2.75, 3.05) is 13.1 Å². The second-order valence-corrected chi connectivity index (χ2v) is 9.80. The molecule has 1 aliphatic heterocycles. The highest BCUT2D eigenvalue weighted by atomic mass is 32.2. The number of nitrogens with zero attached hydrogens (tertiary/aromatic N) is 1. The van der Waals surface area contributed by atoms with Gasteiger partial charge in [-0.1, -0.05) is 54.6 Å². The molecule has 32 heavy (non-hydrogen) atoms. The Bertz CT molecular complexity index is 1200. The number of hydrogen-bond donors (Lipinski definition) is 0. The second-order valence-electron chi connectivity index (χ2n) is 7.86. The average Bonchev–Trinajstić information content (AvgIpc) is 2.79. The number of hydrogen-bond acceptors (Lipinski definition) is 5. The number of sulfonamides is 1. The van der Waals surface area contributed by atoms with Crippen molar-refractivity contribution in [3.63, 3.8) is 0 Å². The van der Waals surface area contributed by atoms with Gasteiger partial charge in [-0.25, -0.2) is 13.2 Å². The summed E-state index contributed by atoms with van der Waals surface area (Å²) in [5.74, 6) is -0.207. The van der Waals surface area contributed by atoms with Crippen LogP contribution in [0.15, 0.2) is 83.8 Å². The molecule has 166 valence electrons. The van der Waals surface area contributed by atoms with Crippen molar-refractivity contribution in [2.24, 2.45) is 0 Å². The molecule has 0 spiro atoms. The van der Waals surface area contributed by atoms with E-state index in [2.05, 4.69) is 0 Å². The van der Waals surface area contributed by atoms with Crippen molar-refractivity contribution in [2.45, 2.75) is 31.0 Å². The number of benzene rings is 3. The van der Waals surface area contributed by atoms with Crippen LogP contribution >= 0.6 is 0 Å². The molecule has 0 aliphatic carbocycles. The fraction of sp³-hybridized carbons (Fsp3) is 0.240. The SMILES string of the molecule is CC1CN(S(=O)(=O)c2cccc(C(=O)Oc3ccccc3-c3ccccc3)c2)CC(C)O1. The first-order chi connectivity index (χ1) is 15.3. The van der Waals surface area contributed by atoms with Crippen LogP contribution in [0.2, 0.25) is 0 Å². The molecular formula is C25H25NO5S. The van der Waals surface area contributed by atoms with Crippen LogP contribution in [-0.2, 0) is 14.8 Å². The molecule has 1 heterocycles. The largest absolute Gasteiger partial charge is 0.422 e. The van der Waals surface area contributed by atoms with Crippen molar-refractivity contribution in [1.82, 2.24) is 4.31 Å². The standard InChI is InChI=1S/C25H25NO5S/c1-18-16-26(17-19(2)30-18)32(28,29)22-12-8-11-21(15-22)25(27)31-24-14-7-6-13-23(24)20-9-4-3-5-10-20/h3-15,18-19H,16-17H2,1-2H3. The van der Waals surface area contributed by atoms with Gasteiger partial charge in [0.2, 0.25) is 10.0 Å². The van der Waals surface area contributed by atoms with E-state index in [4.69, 9.17) is 9.47 Å². The summed E-state index contributed by atoms with van der Waals surface area (Å²) in [4.78, 5) is 13.0. The lowest BCUT2D eigenvalue weighted by Gasteiger charge is -2.34. The zero-order chi connectivity index (χ0) is 22.7. The fourth-order valence-electron chi connectivity index (χ4n) is 3.83. The van der Waals surface area contributed by atoms with Gasteiger partial charge in [0.25, 0.3) is 0 Å². The number of carbonyl (C=O) groups is 1. The molecule has 0 radical (unpaired) electrons. The van der Waals surface area contributed by atoms with Crippen LogP contribution in [0.25, 0.3) is 11.1 Å². The highest BCUT2D eigenvalue weighted by molar-refractivity contribution is 7.89. The van der Waals surface area contributed by atoms with Crippen molar-refractivity contribution in [3.8, 4) is 16.9 Å².